The normalized spacial score (nSPS) is 10.8. The van der Waals surface area contributed by atoms with E-state index in [1.54, 1.807) is 36.4 Å². The molecule has 12 nitrogen and oxygen atoms in total. The summed E-state index contributed by atoms with van der Waals surface area (Å²) >= 11 is 0. The SMILES string of the molecule is CCCCCCCCOc1ccc(C(=O)NNC(=O)c2ccc(C(=O)NNC(=O)c3ccc(OCCCCCCCC)c(OCCCCCCCC)c3)cc2)cc1OCCCCCCCC. The summed E-state index contributed by atoms with van der Waals surface area (Å²) in [7, 11) is 0. The highest BCUT2D eigenvalue weighted by Gasteiger charge is 2.17. The molecule has 66 heavy (non-hydrogen) atoms. The maximum atomic E-state index is 13.2. The first-order valence-corrected chi connectivity index (χ1v) is 25.4. The van der Waals surface area contributed by atoms with E-state index < -0.39 is 23.6 Å². The first-order chi connectivity index (χ1) is 32.3. The summed E-state index contributed by atoms with van der Waals surface area (Å²) in [5.41, 5.74) is 10.9. The van der Waals surface area contributed by atoms with Crippen LogP contribution in [0.1, 0.15) is 223 Å². The summed E-state index contributed by atoms with van der Waals surface area (Å²) in [4.78, 5) is 52.4. The lowest BCUT2D eigenvalue weighted by molar-refractivity contribution is 0.0844. The molecular formula is C54H82N4O8. The fourth-order valence-electron chi connectivity index (χ4n) is 7.31. The second-order valence-corrected chi connectivity index (χ2v) is 17.2. The van der Waals surface area contributed by atoms with Gasteiger partial charge in [0.2, 0.25) is 0 Å². The topological polar surface area (TPSA) is 153 Å². The standard InChI is InChI=1S/C54H82N4O8/c1-5-9-13-17-21-25-37-63-47-35-33-45(41-49(47)65-39-27-23-19-15-11-7-3)53(61)57-55-51(59)43-29-31-44(32-30-43)52(60)56-58-54(62)46-34-36-48(64-38-26-22-18-14-10-6-2)50(42-46)66-40-28-24-20-16-12-8-4/h29-36,41-42H,5-28,37-40H2,1-4H3,(H,55,59)(H,56,60)(H,57,61)(H,58,62). The molecule has 0 aliphatic rings. The Morgan fingerprint density at radius 3 is 0.818 bits per heavy atom. The summed E-state index contributed by atoms with van der Waals surface area (Å²) in [6.07, 6.45) is 27.4. The molecule has 0 atom stereocenters. The molecule has 4 N–H and O–H groups in total. The maximum absolute atomic E-state index is 13.2. The summed E-state index contributed by atoms with van der Waals surface area (Å²) in [5.74, 6) is -0.00511. The van der Waals surface area contributed by atoms with Crippen molar-refractivity contribution in [2.24, 2.45) is 0 Å². The summed E-state index contributed by atoms with van der Waals surface area (Å²) in [6, 6.07) is 15.9. The van der Waals surface area contributed by atoms with Gasteiger partial charge in [-0.25, -0.2) is 0 Å². The van der Waals surface area contributed by atoms with Gasteiger partial charge >= 0.3 is 0 Å². The van der Waals surface area contributed by atoms with E-state index in [1.807, 2.05) is 0 Å². The molecule has 3 rings (SSSR count). The number of nitrogens with one attached hydrogen (secondary N) is 4. The highest BCUT2D eigenvalue weighted by Crippen LogP contribution is 2.31. The van der Waals surface area contributed by atoms with Gasteiger partial charge in [0.15, 0.2) is 23.0 Å². The number of hydrazine groups is 2. The van der Waals surface area contributed by atoms with Crippen LogP contribution in [0.15, 0.2) is 60.7 Å². The third-order valence-corrected chi connectivity index (χ3v) is 11.4. The lowest BCUT2D eigenvalue weighted by atomic mass is 10.1. The van der Waals surface area contributed by atoms with Crippen molar-refractivity contribution >= 4 is 23.6 Å². The van der Waals surface area contributed by atoms with Crippen LogP contribution >= 0.6 is 0 Å². The van der Waals surface area contributed by atoms with Crippen LogP contribution in [0.25, 0.3) is 0 Å². The van der Waals surface area contributed by atoms with E-state index in [0.29, 0.717) is 60.6 Å². The van der Waals surface area contributed by atoms with Crippen LogP contribution in [-0.4, -0.2) is 50.1 Å². The molecule has 3 aromatic rings. The molecule has 0 spiro atoms. The molecule has 0 saturated heterocycles. The molecule has 0 aliphatic carbocycles. The molecule has 0 radical (unpaired) electrons. The first-order valence-electron chi connectivity index (χ1n) is 25.4. The van der Waals surface area contributed by atoms with Gasteiger partial charge in [0.05, 0.1) is 26.4 Å². The lowest BCUT2D eigenvalue weighted by Gasteiger charge is -2.15. The second kappa shape index (κ2) is 35.0. The molecule has 0 heterocycles. The van der Waals surface area contributed by atoms with Crippen molar-refractivity contribution in [2.45, 2.75) is 182 Å². The van der Waals surface area contributed by atoms with Crippen LogP contribution in [0.4, 0.5) is 0 Å². The van der Waals surface area contributed by atoms with Gasteiger partial charge in [0, 0.05) is 22.3 Å². The van der Waals surface area contributed by atoms with Gasteiger partial charge in [0.1, 0.15) is 0 Å². The van der Waals surface area contributed by atoms with Crippen molar-refractivity contribution in [2.75, 3.05) is 26.4 Å². The molecule has 0 fully saturated rings. The summed E-state index contributed by atoms with van der Waals surface area (Å²) in [6.45, 7) is 11.0. The molecule has 0 aromatic heterocycles. The highest BCUT2D eigenvalue weighted by molar-refractivity contribution is 6.01. The molecule has 366 valence electrons. The van der Waals surface area contributed by atoms with Crippen LogP contribution in [0.5, 0.6) is 23.0 Å². The number of rotatable bonds is 36. The van der Waals surface area contributed by atoms with Gasteiger partial charge in [-0.15, -0.1) is 0 Å². The van der Waals surface area contributed by atoms with Gasteiger partial charge < -0.3 is 18.9 Å². The third-order valence-electron chi connectivity index (χ3n) is 11.4. The quantitative estimate of drug-likeness (QED) is 0.0332. The van der Waals surface area contributed by atoms with Gasteiger partial charge in [-0.05, 0) is 86.3 Å². The minimum atomic E-state index is -0.573. The molecule has 0 unspecified atom stereocenters. The minimum Gasteiger partial charge on any atom is -0.490 e. The Bertz CT molecular complexity index is 1690. The zero-order valence-electron chi connectivity index (χ0n) is 40.8. The Morgan fingerprint density at radius 2 is 0.530 bits per heavy atom. The van der Waals surface area contributed by atoms with E-state index in [1.165, 1.54) is 114 Å². The lowest BCUT2D eigenvalue weighted by Crippen LogP contribution is -2.42. The molecular weight excluding hydrogens is 833 g/mol. The van der Waals surface area contributed by atoms with Crippen LogP contribution in [0.3, 0.4) is 0 Å². The van der Waals surface area contributed by atoms with Crippen molar-refractivity contribution in [1.82, 2.24) is 21.7 Å². The molecule has 0 saturated carbocycles. The number of amides is 4. The monoisotopic (exact) mass is 915 g/mol. The fraction of sp³-hybridized carbons (Fsp3) is 0.593. The number of benzene rings is 3. The van der Waals surface area contributed by atoms with E-state index >= 15 is 0 Å². The van der Waals surface area contributed by atoms with Crippen LogP contribution in [-0.2, 0) is 0 Å². The number of unbranched alkanes of at least 4 members (excludes halogenated alkanes) is 20. The Hall–Kier alpha value is -5.26. The number of carbonyl (C=O) groups is 4. The van der Waals surface area contributed by atoms with Crippen molar-refractivity contribution in [3.63, 3.8) is 0 Å². The highest BCUT2D eigenvalue weighted by atomic mass is 16.5. The van der Waals surface area contributed by atoms with Gasteiger partial charge in [-0.1, -0.05) is 156 Å². The van der Waals surface area contributed by atoms with Crippen molar-refractivity contribution in [1.29, 1.82) is 0 Å². The van der Waals surface area contributed by atoms with Crippen molar-refractivity contribution < 1.29 is 38.1 Å². The van der Waals surface area contributed by atoms with Crippen LogP contribution in [0, 0.1) is 0 Å². The minimum absolute atomic E-state index is 0.213. The van der Waals surface area contributed by atoms with E-state index in [0.717, 1.165) is 64.2 Å². The summed E-state index contributed by atoms with van der Waals surface area (Å²) < 4.78 is 24.4. The predicted molar refractivity (Wildman–Crippen MR) is 265 cm³/mol. The predicted octanol–water partition coefficient (Wildman–Crippen LogP) is 12.8. The largest absolute Gasteiger partial charge is 0.490 e. The van der Waals surface area contributed by atoms with E-state index in [-0.39, 0.29) is 11.1 Å². The fourth-order valence-corrected chi connectivity index (χ4v) is 7.31. The third kappa shape index (κ3) is 22.8. The van der Waals surface area contributed by atoms with E-state index in [9.17, 15) is 19.2 Å². The molecule has 3 aromatic carbocycles. The Balaban J connectivity index is 1.53. The number of hydrogen-bond acceptors (Lipinski definition) is 8. The Morgan fingerprint density at radius 1 is 0.303 bits per heavy atom. The van der Waals surface area contributed by atoms with E-state index in [2.05, 4.69) is 49.4 Å². The molecule has 12 heteroatoms. The summed E-state index contributed by atoms with van der Waals surface area (Å²) in [5, 5.41) is 0. The molecule has 0 bridgehead atoms. The second-order valence-electron chi connectivity index (χ2n) is 17.2. The van der Waals surface area contributed by atoms with Crippen LogP contribution in [0.2, 0.25) is 0 Å². The van der Waals surface area contributed by atoms with Crippen LogP contribution < -0.4 is 40.7 Å². The number of carbonyl (C=O) groups excluding carboxylic acids is 4. The number of ether oxygens (including phenoxy) is 4. The molecule has 0 aliphatic heterocycles. The zero-order valence-corrected chi connectivity index (χ0v) is 40.8. The van der Waals surface area contributed by atoms with Gasteiger partial charge in [0.25, 0.3) is 23.6 Å². The Labute approximate surface area is 396 Å². The smallest absolute Gasteiger partial charge is 0.269 e. The average Bonchev–Trinajstić information content (AvgIpc) is 3.34. The van der Waals surface area contributed by atoms with Gasteiger partial charge in [-0.2, -0.15) is 0 Å². The van der Waals surface area contributed by atoms with Crippen molar-refractivity contribution in [3.8, 4) is 23.0 Å². The first kappa shape index (κ1) is 55.1. The van der Waals surface area contributed by atoms with Crippen molar-refractivity contribution in [3.05, 3.63) is 82.9 Å². The zero-order chi connectivity index (χ0) is 47.5. The van der Waals surface area contributed by atoms with Gasteiger partial charge in [-0.3, -0.25) is 40.9 Å². The Kier molecular flexibility index (Phi) is 29.2. The molecule has 4 amide bonds. The maximum Gasteiger partial charge on any atom is 0.269 e. The van der Waals surface area contributed by atoms with E-state index in [4.69, 9.17) is 18.9 Å². The average molecular weight is 915 g/mol. The number of hydrogen-bond donors (Lipinski definition) is 4.